The van der Waals surface area contributed by atoms with Crippen molar-refractivity contribution in [2.75, 3.05) is 12.3 Å². The van der Waals surface area contributed by atoms with Gasteiger partial charge in [0.25, 0.3) is 0 Å². The largest absolute Gasteiger partial charge is 0.399 e. The average Bonchev–Trinajstić information content (AvgIpc) is 2.62. The summed E-state index contributed by atoms with van der Waals surface area (Å²) in [7, 11) is 0. The van der Waals surface area contributed by atoms with Crippen molar-refractivity contribution in [3.8, 4) is 0 Å². The van der Waals surface area contributed by atoms with Crippen LogP contribution in [0.25, 0.3) is 0 Å². The second-order valence-corrected chi connectivity index (χ2v) is 6.73. The number of carbonyl (C=O) groups is 2. The first-order valence-corrected chi connectivity index (χ1v) is 9.10. The maximum atomic E-state index is 12.2. The maximum Gasteiger partial charge on any atom is 0.224 e. The van der Waals surface area contributed by atoms with Crippen LogP contribution in [0, 0.1) is 0 Å². The van der Waals surface area contributed by atoms with Crippen molar-refractivity contribution in [2.45, 2.75) is 38.1 Å². The van der Waals surface area contributed by atoms with Gasteiger partial charge in [-0.25, -0.2) is 0 Å². The summed E-state index contributed by atoms with van der Waals surface area (Å²) in [5.74, 6) is -0.109. The maximum absolute atomic E-state index is 12.2. The van der Waals surface area contributed by atoms with Crippen molar-refractivity contribution < 1.29 is 9.59 Å². The molecule has 0 heterocycles. The summed E-state index contributed by atoms with van der Waals surface area (Å²) in [4.78, 5) is 24.2. The SMILES string of the molecule is Nc1ccc2c(c1)CCCC2NC(=O)CCNC(=O)Cc1ccccc1. The number of anilines is 1. The van der Waals surface area contributed by atoms with Gasteiger partial charge >= 0.3 is 0 Å². The molecule has 0 radical (unpaired) electrons. The monoisotopic (exact) mass is 351 g/mol. The molecule has 0 saturated heterocycles. The molecule has 0 spiro atoms. The number of benzene rings is 2. The molecule has 2 aromatic rings. The van der Waals surface area contributed by atoms with E-state index in [9.17, 15) is 9.59 Å². The lowest BCUT2D eigenvalue weighted by atomic mass is 9.87. The van der Waals surface area contributed by atoms with Crippen LogP contribution in [0.3, 0.4) is 0 Å². The van der Waals surface area contributed by atoms with Gasteiger partial charge in [-0.2, -0.15) is 0 Å². The minimum Gasteiger partial charge on any atom is -0.399 e. The zero-order chi connectivity index (χ0) is 18.4. The average molecular weight is 351 g/mol. The number of nitrogens with two attached hydrogens (primary N) is 1. The van der Waals surface area contributed by atoms with E-state index in [1.807, 2.05) is 48.5 Å². The first kappa shape index (κ1) is 18.0. The van der Waals surface area contributed by atoms with Crippen molar-refractivity contribution in [2.24, 2.45) is 0 Å². The summed E-state index contributed by atoms with van der Waals surface area (Å²) >= 11 is 0. The fourth-order valence-corrected chi connectivity index (χ4v) is 3.41. The molecule has 0 bridgehead atoms. The van der Waals surface area contributed by atoms with E-state index in [0.717, 1.165) is 36.1 Å². The Kier molecular flexibility index (Phi) is 5.89. The zero-order valence-electron chi connectivity index (χ0n) is 14.8. The number of amides is 2. The van der Waals surface area contributed by atoms with Gasteiger partial charge in [0.1, 0.15) is 0 Å². The standard InChI is InChI=1S/C21H25N3O2/c22-17-9-10-18-16(14-17)7-4-8-19(18)24-20(25)11-12-23-21(26)13-15-5-2-1-3-6-15/h1-3,5-6,9-10,14,19H,4,7-8,11-13,22H2,(H,23,26)(H,24,25). The molecule has 2 aromatic carbocycles. The van der Waals surface area contributed by atoms with Crippen molar-refractivity contribution in [3.05, 3.63) is 65.2 Å². The van der Waals surface area contributed by atoms with Crippen LogP contribution >= 0.6 is 0 Å². The Balaban J connectivity index is 1.44. The van der Waals surface area contributed by atoms with E-state index in [1.54, 1.807) is 0 Å². The van der Waals surface area contributed by atoms with E-state index < -0.39 is 0 Å². The van der Waals surface area contributed by atoms with Crippen LogP contribution in [-0.2, 0) is 22.4 Å². The first-order chi connectivity index (χ1) is 12.6. The Hall–Kier alpha value is -2.82. The third kappa shape index (κ3) is 4.85. The molecule has 1 unspecified atom stereocenters. The van der Waals surface area contributed by atoms with Crippen LogP contribution in [-0.4, -0.2) is 18.4 Å². The van der Waals surface area contributed by atoms with Crippen molar-refractivity contribution in [1.29, 1.82) is 0 Å². The third-order valence-electron chi connectivity index (χ3n) is 4.70. The summed E-state index contributed by atoms with van der Waals surface area (Å²) < 4.78 is 0. The molecule has 2 amide bonds. The van der Waals surface area contributed by atoms with Gasteiger partial charge in [0.05, 0.1) is 12.5 Å². The van der Waals surface area contributed by atoms with Gasteiger partial charge in [0.2, 0.25) is 11.8 Å². The predicted molar refractivity (Wildman–Crippen MR) is 102 cm³/mol. The lowest BCUT2D eigenvalue weighted by molar-refractivity contribution is -0.122. The Morgan fingerprint density at radius 2 is 1.88 bits per heavy atom. The van der Waals surface area contributed by atoms with Crippen LogP contribution in [0.15, 0.2) is 48.5 Å². The number of nitrogen functional groups attached to an aromatic ring is 1. The number of hydrogen-bond donors (Lipinski definition) is 3. The fraction of sp³-hybridized carbons (Fsp3) is 0.333. The Morgan fingerprint density at radius 3 is 2.69 bits per heavy atom. The van der Waals surface area contributed by atoms with E-state index in [4.69, 9.17) is 5.73 Å². The van der Waals surface area contributed by atoms with Crippen molar-refractivity contribution in [3.63, 3.8) is 0 Å². The molecule has 5 heteroatoms. The molecule has 26 heavy (non-hydrogen) atoms. The molecule has 1 aliphatic carbocycles. The quantitative estimate of drug-likeness (QED) is 0.699. The molecular formula is C21H25N3O2. The van der Waals surface area contributed by atoms with E-state index in [0.29, 0.717) is 13.0 Å². The highest BCUT2D eigenvalue weighted by Crippen LogP contribution is 2.30. The smallest absolute Gasteiger partial charge is 0.224 e. The molecule has 4 N–H and O–H groups in total. The molecule has 0 aliphatic heterocycles. The van der Waals surface area contributed by atoms with E-state index in [-0.39, 0.29) is 24.3 Å². The normalized spacial score (nSPS) is 15.8. The van der Waals surface area contributed by atoms with Gasteiger partial charge < -0.3 is 16.4 Å². The number of aryl methyl sites for hydroxylation is 1. The molecule has 1 aliphatic rings. The third-order valence-corrected chi connectivity index (χ3v) is 4.70. The van der Waals surface area contributed by atoms with Crippen molar-refractivity contribution in [1.82, 2.24) is 10.6 Å². The molecular weight excluding hydrogens is 326 g/mol. The van der Waals surface area contributed by atoms with E-state index >= 15 is 0 Å². The Bertz CT molecular complexity index is 774. The lowest BCUT2D eigenvalue weighted by Crippen LogP contribution is -2.34. The van der Waals surface area contributed by atoms with E-state index in [1.165, 1.54) is 5.56 Å². The molecule has 3 rings (SSSR count). The number of rotatable bonds is 6. The minimum atomic E-state index is -0.0671. The first-order valence-electron chi connectivity index (χ1n) is 9.10. The lowest BCUT2D eigenvalue weighted by Gasteiger charge is -2.26. The van der Waals surface area contributed by atoms with Crippen LogP contribution in [0.1, 0.15) is 42.0 Å². The van der Waals surface area contributed by atoms with Gasteiger partial charge in [-0.15, -0.1) is 0 Å². The van der Waals surface area contributed by atoms with Crippen LogP contribution < -0.4 is 16.4 Å². The molecule has 0 fully saturated rings. The molecule has 5 nitrogen and oxygen atoms in total. The molecule has 1 atom stereocenters. The van der Waals surface area contributed by atoms with Crippen LogP contribution in [0.2, 0.25) is 0 Å². The fourth-order valence-electron chi connectivity index (χ4n) is 3.41. The summed E-state index contributed by atoms with van der Waals surface area (Å²) in [6.45, 7) is 0.346. The number of carbonyl (C=O) groups excluding carboxylic acids is 2. The van der Waals surface area contributed by atoms with Gasteiger partial charge in [0, 0.05) is 18.7 Å². The van der Waals surface area contributed by atoms with Crippen molar-refractivity contribution >= 4 is 17.5 Å². The summed E-state index contributed by atoms with van der Waals surface area (Å²) in [6, 6.07) is 15.5. The highest BCUT2D eigenvalue weighted by molar-refractivity contribution is 5.80. The summed E-state index contributed by atoms with van der Waals surface area (Å²) in [5.41, 5.74) is 9.96. The molecule has 136 valence electrons. The van der Waals surface area contributed by atoms with Gasteiger partial charge in [-0.3, -0.25) is 9.59 Å². The molecule has 0 aromatic heterocycles. The number of nitrogens with one attached hydrogen (secondary N) is 2. The Morgan fingerprint density at radius 1 is 1.08 bits per heavy atom. The number of hydrogen-bond acceptors (Lipinski definition) is 3. The molecule has 0 saturated carbocycles. The highest BCUT2D eigenvalue weighted by Gasteiger charge is 2.21. The van der Waals surface area contributed by atoms with E-state index in [2.05, 4.69) is 10.6 Å². The predicted octanol–water partition coefficient (Wildman–Crippen LogP) is 2.51. The minimum absolute atomic E-state index is 0.0341. The van der Waals surface area contributed by atoms with Gasteiger partial charge in [-0.05, 0) is 48.1 Å². The van der Waals surface area contributed by atoms with Gasteiger partial charge in [0.15, 0.2) is 0 Å². The topological polar surface area (TPSA) is 84.2 Å². The zero-order valence-corrected chi connectivity index (χ0v) is 14.8. The Labute approximate surface area is 154 Å². The second-order valence-electron chi connectivity index (χ2n) is 6.73. The second kappa shape index (κ2) is 8.52. The highest BCUT2D eigenvalue weighted by atomic mass is 16.2. The van der Waals surface area contributed by atoms with Gasteiger partial charge in [-0.1, -0.05) is 36.4 Å². The van der Waals surface area contributed by atoms with Crippen LogP contribution in [0.4, 0.5) is 5.69 Å². The number of fused-ring (bicyclic) bond motifs is 1. The van der Waals surface area contributed by atoms with Crippen LogP contribution in [0.5, 0.6) is 0 Å². The summed E-state index contributed by atoms with van der Waals surface area (Å²) in [5, 5.41) is 5.90. The summed E-state index contributed by atoms with van der Waals surface area (Å²) in [6.07, 6.45) is 3.59.